The number of carboxylic acids is 1. The number of nitrogens with zero attached hydrogens (tertiary/aromatic N) is 3. The van der Waals surface area contributed by atoms with Crippen LogP contribution in [0.3, 0.4) is 0 Å². The Bertz CT molecular complexity index is 1040. The minimum absolute atomic E-state index is 0. The number of hydrogen-bond donors (Lipinski definition) is 2. The molecule has 33 heavy (non-hydrogen) atoms. The minimum atomic E-state index is -1.44. The maximum atomic E-state index is 12.8. The van der Waals surface area contributed by atoms with Gasteiger partial charge in [-0.05, 0) is 18.4 Å². The predicted molar refractivity (Wildman–Crippen MR) is 115 cm³/mol. The topological polar surface area (TPSA) is 159 Å². The van der Waals surface area contributed by atoms with Gasteiger partial charge in [0, 0.05) is 17.7 Å². The quantitative estimate of drug-likeness (QED) is 0.165. The van der Waals surface area contributed by atoms with Crippen LogP contribution < -0.4 is 45.7 Å². The van der Waals surface area contributed by atoms with Gasteiger partial charge in [-0.2, -0.15) is 0 Å². The van der Waals surface area contributed by atoms with Crippen LogP contribution in [0.2, 0.25) is 0 Å². The van der Waals surface area contributed by atoms with Crippen molar-refractivity contribution in [1.82, 2.24) is 15.2 Å². The van der Waals surface area contributed by atoms with E-state index in [1.807, 2.05) is 6.08 Å². The third-order valence-electron chi connectivity index (χ3n) is 5.12. The first kappa shape index (κ1) is 25.7. The van der Waals surface area contributed by atoms with E-state index in [1.54, 1.807) is 11.5 Å². The molecule has 1 aromatic rings. The molecule has 14 heteroatoms. The summed E-state index contributed by atoms with van der Waals surface area (Å²) in [6.07, 6.45) is 5.24. The van der Waals surface area contributed by atoms with Crippen LogP contribution in [-0.4, -0.2) is 70.4 Å². The van der Waals surface area contributed by atoms with Gasteiger partial charge in [-0.25, -0.2) is 4.98 Å². The van der Waals surface area contributed by atoms with Crippen molar-refractivity contribution in [2.45, 2.75) is 30.4 Å². The zero-order valence-electron chi connectivity index (χ0n) is 18.0. The van der Waals surface area contributed by atoms with Crippen LogP contribution in [0.4, 0.5) is 5.13 Å². The van der Waals surface area contributed by atoms with Crippen molar-refractivity contribution in [3.05, 3.63) is 34.5 Å². The Labute approximate surface area is 219 Å². The number of carbonyl (C=O) groups excluding carboxylic acids is 3. The number of carbonyl (C=O) groups is 3. The molecule has 1 aromatic heterocycles. The number of fused-ring (bicyclic) bond motifs is 1. The Morgan fingerprint density at radius 3 is 2.88 bits per heavy atom. The van der Waals surface area contributed by atoms with E-state index in [2.05, 4.69) is 15.5 Å². The molecule has 11 nitrogen and oxygen atoms in total. The number of oxime groups is 1. The number of aromatic nitrogens is 1. The summed E-state index contributed by atoms with van der Waals surface area (Å²) in [5.74, 6) is -2.33. The zero-order valence-corrected chi connectivity index (χ0v) is 21.6. The fraction of sp³-hybridized carbons (Fsp3) is 0.421. The molecule has 0 saturated carbocycles. The third-order valence-corrected chi connectivity index (χ3v) is 7.09. The molecule has 0 aromatic carbocycles. The molecule has 3 N–H and O–H groups in total. The number of amides is 2. The monoisotopic (exact) mass is 501 g/mol. The molecule has 2 amide bonds. The molecule has 2 saturated heterocycles. The van der Waals surface area contributed by atoms with Crippen LogP contribution in [0.5, 0.6) is 0 Å². The molecule has 3 aliphatic heterocycles. The van der Waals surface area contributed by atoms with Gasteiger partial charge in [-0.3, -0.25) is 14.5 Å². The molecule has 0 bridgehead atoms. The molecule has 170 valence electrons. The van der Waals surface area contributed by atoms with Crippen LogP contribution in [0.1, 0.15) is 18.5 Å². The van der Waals surface area contributed by atoms with E-state index >= 15 is 0 Å². The average molecular weight is 502 g/mol. The number of nitrogens with one attached hydrogen (secondary N) is 1. The number of thioether (sulfide) groups is 1. The number of ether oxygens (including phenoxy) is 1. The normalized spacial score (nSPS) is 24.9. The number of aliphatic carboxylic acids is 1. The Kier molecular flexibility index (Phi) is 8.59. The van der Waals surface area contributed by atoms with Crippen LogP contribution in [-0.2, 0) is 24.0 Å². The smallest absolute Gasteiger partial charge is 0.543 e. The van der Waals surface area contributed by atoms with Gasteiger partial charge in [-0.1, -0.05) is 17.3 Å². The number of nitrogens with two attached hydrogens (primary N) is 1. The van der Waals surface area contributed by atoms with Gasteiger partial charge in [-0.15, -0.1) is 23.1 Å². The van der Waals surface area contributed by atoms with E-state index in [0.717, 1.165) is 29.1 Å². The summed E-state index contributed by atoms with van der Waals surface area (Å²) in [6, 6.07) is -0.927. The summed E-state index contributed by atoms with van der Waals surface area (Å²) in [5, 5.41) is 19.3. The summed E-state index contributed by atoms with van der Waals surface area (Å²) in [6.45, 7) is 0.673. The fourth-order valence-corrected chi connectivity index (χ4v) is 5.51. The van der Waals surface area contributed by atoms with Crippen LogP contribution in [0.25, 0.3) is 0 Å². The summed E-state index contributed by atoms with van der Waals surface area (Å²) in [7, 11) is 1.28. The van der Waals surface area contributed by atoms with Crippen molar-refractivity contribution in [3.8, 4) is 0 Å². The Hall–Kier alpha value is -1.90. The van der Waals surface area contributed by atoms with Crippen LogP contribution >= 0.6 is 23.1 Å². The maximum Gasteiger partial charge on any atom is 1.00 e. The van der Waals surface area contributed by atoms with E-state index in [-0.39, 0.29) is 57.9 Å². The maximum absolute atomic E-state index is 12.8. The van der Waals surface area contributed by atoms with E-state index in [9.17, 15) is 19.5 Å². The van der Waals surface area contributed by atoms with E-state index in [1.165, 1.54) is 18.9 Å². The van der Waals surface area contributed by atoms with Gasteiger partial charge in [0.2, 0.25) is 0 Å². The molecule has 0 radical (unpaired) electrons. The Morgan fingerprint density at radius 2 is 2.27 bits per heavy atom. The van der Waals surface area contributed by atoms with Crippen LogP contribution in [0.15, 0.2) is 34.0 Å². The molecule has 0 spiro atoms. The summed E-state index contributed by atoms with van der Waals surface area (Å²) in [4.78, 5) is 47.3. The number of anilines is 1. The van der Waals surface area contributed by atoms with Gasteiger partial charge >= 0.3 is 29.6 Å². The van der Waals surface area contributed by atoms with Crippen molar-refractivity contribution >= 4 is 51.7 Å². The summed E-state index contributed by atoms with van der Waals surface area (Å²) >= 11 is 2.48. The molecule has 3 atom stereocenters. The van der Waals surface area contributed by atoms with Gasteiger partial charge in [0.1, 0.15) is 24.2 Å². The molecule has 1 unspecified atom stereocenters. The molecular weight excluding hydrogens is 481 g/mol. The van der Waals surface area contributed by atoms with E-state index in [0.29, 0.717) is 17.9 Å². The molecule has 4 rings (SSSR count). The second-order valence-corrected chi connectivity index (χ2v) is 9.12. The number of rotatable bonds is 7. The van der Waals surface area contributed by atoms with Crippen molar-refractivity contribution < 1.29 is 58.6 Å². The fourth-order valence-electron chi connectivity index (χ4n) is 3.64. The van der Waals surface area contributed by atoms with Crippen molar-refractivity contribution in [3.63, 3.8) is 0 Å². The predicted octanol–water partition coefficient (Wildman–Crippen LogP) is -3.78. The average Bonchev–Trinajstić information content (AvgIpc) is 3.45. The summed E-state index contributed by atoms with van der Waals surface area (Å²) in [5.41, 5.74) is 5.98. The molecular formula is C19H20N5NaO6S2. The number of thiazole rings is 1. The zero-order chi connectivity index (χ0) is 22.8. The number of carboxylic acid groups (broad SMARTS) is 1. The van der Waals surface area contributed by atoms with Gasteiger partial charge in [0.15, 0.2) is 10.8 Å². The van der Waals surface area contributed by atoms with Gasteiger partial charge in [0.05, 0.1) is 17.8 Å². The minimum Gasteiger partial charge on any atom is -0.543 e. The van der Waals surface area contributed by atoms with Crippen molar-refractivity contribution in [2.75, 3.05) is 25.2 Å². The van der Waals surface area contributed by atoms with Crippen molar-refractivity contribution in [1.29, 1.82) is 0 Å². The molecule has 4 heterocycles. The first-order valence-electron chi connectivity index (χ1n) is 9.73. The number of nitrogen functional groups attached to an aromatic ring is 1. The molecule has 3 aliphatic rings. The largest absolute Gasteiger partial charge is 1.00 e. The van der Waals surface area contributed by atoms with E-state index in [4.69, 9.17) is 15.3 Å². The number of β-lactam (4-membered cyclic amide) rings is 1. The first-order valence-corrected chi connectivity index (χ1v) is 11.7. The van der Waals surface area contributed by atoms with Crippen molar-refractivity contribution in [2.24, 2.45) is 5.16 Å². The number of allylic oxidation sites excluding steroid dienone is 1. The van der Waals surface area contributed by atoms with Crippen LogP contribution in [0, 0.1) is 0 Å². The van der Waals surface area contributed by atoms with E-state index < -0.39 is 29.2 Å². The second-order valence-electron chi connectivity index (χ2n) is 7.13. The summed E-state index contributed by atoms with van der Waals surface area (Å²) < 4.78 is 5.52. The second kappa shape index (κ2) is 11.0. The van der Waals surface area contributed by atoms with Gasteiger partial charge in [0.25, 0.3) is 11.8 Å². The number of hydrogen-bond acceptors (Lipinski definition) is 11. The Balaban J connectivity index is 0.00000306. The van der Waals surface area contributed by atoms with Gasteiger partial charge < -0.3 is 30.5 Å². The standard InChI is InChI=1S/C19H21N5O6S2.Na/c1-29-23-12(11-8-32-19(20)21-11)15(25)22-13-16(26)24-14(18(27)28)9(7-31-17(13)24)4-5-10-3-2-6-30-10;/h4-5,8,10,13,17H,2-3,6-7H2,1H3,(H2,20,21)(H,22,25)(H,27,28);/q;+1/p-1/b5-4-,23-12-;/t10?,13-,17+;/m1./s1. The molecule has 0 aliphatic carbocycles. The third kappa shape index (κ3) is 5.28. The SMILES string of the molecule is CO/N=C(\C(=O)N[C@@H]1C(=O)N2C(C(=O)[O-])=C(/C=C\C3CCCO3)CS[C@@H]12)c1csc(N)n1.[Na+]. The Morgan fingerprint density at radius 1 is 1.48 bits per heavy atom. The molecule has 2 fully saturated rings. The first-order chi connectivity index (χ1) is 15.4.